The van der Waals surface area contributed by atoms with Crippen LogP contribution in [0.25, 0.3) is 0 Å². The monoisotopic (exact) mass is 304 g/mol. The van der Waals surface area contributed by atoms with E-state index in [-0.39, 0.29) is 28.6 Å². The maximum Gasteiger partial charge on any atom is 0.184 e. The van der Waals surface area contributed by atoms with Crippen molar-refractivity contribution in [3.05, 3.63) is 12.2 Å². The van der Waals surface area contributed by atoms with E-state index in [9.17, 15) is 15.0 Å². The zero-order chi connectivity index (χ0) is 15.7. The van der Waals surface area contributed by atoms with Crippen molar-refractivity contribution in [3.8, 4) is 0 Å². The van der Waals surface area contributed by atoms with E-state index >= 15 is 0 Å². The van der Waals surface area contributed by atoms with Gasteiger partial charge in [-0.2, -0.15) is 0 Å². The predicted octanol–water partition coefficient (Wildman–Crippen LogP) is 2.71. The molecule has 0 aromatic carbocycles. The van der Waals surface area contributed by atoms with Crippen molar-refractivity contribution in [3.63, 3.8) is 0 Å². The lowest BCUT2D eigenvalue weighted by atomic mass is 9.46. The third-order valence-corrected chi connectivity index (χ3v) is 8.08. The van der Waals surface area contributed by atoms with Crippen LogP contribution < -0.4 is 0 Å². The molecule has 0 saturated heterocycles. The summed E-state index contributed by atoms with van der Waals surface area (Å²) < 4.78 is 0. The van der Waals surface area contributed by atoms with Crippen LogP contribution in [0.1, 0.15) is 52.4 Å². The van der Waals surface area contributed by atoms with Crippen LogP contribution in [-0.2, 0) is 4.79 Å². The van der Waals surface area contributed by atoms with Crippen molar-refractivity contribution in [2.45, 2.75) is 64.6 Å². The Balaban J connectivity index is 1.70. The number of ketones is 1. The lowest BCUT2D eigenvalue weighted by Crippen LogP contribution is -2.56. The lowest BCUT2D eigenvalue weighted by Gasteiger charge is -2.59. The highest BCUT2D eigenvalue weighted by molar-refractivity contribution is 5.94. The first-order chi connectivity index (χ1) is 10.4. The van der Waals surface area contributed by atoms with Crippen molar-refractivity contribution < 1.29 is 15.0 Å². The van der Waals surface area contributed by atoms with Gasteiger partial charge >= 0.3 is 0 Å². The molecule has 4 aliphatic carbocycles. The van der Waals surface area contributed by atoms with Gasteiger partial charge in [0, 0.05) is 5.92 Å². The Labute approximate surface area is 132 Å². The van der Waals surface area contributed by atoms with E-state index in [0.29, 0.717) is 17.8 Å². The maximum atomic E-state index is 11.9. The smallest absolute Gasteiger partial charge is 0.184 e. The fourth-order valence-corrected chi connectivity index (χ4v) is 6.70. The summed E-state index contributed by atoms with van der Waals surface area (Å²) in [5.74, 6) is 1.78. The summed E-state index contributed by atoms with van der Waals surface area (Å²) in [6, 6.07) is 0. The van der Waals surface area contributed by atoms with Gasteiger partial charge < -0.3 is 10.2 Å². The van der Waals surface area contributed by atoms with Crippen LogP contribution in [0.5, 0.6) is 0 Å². The zero-order valence-corrected chi connectivity index (χ0v) is 13.7. The molecule has 4 rings (SSSR count). The Morgan fingerprint density at radius 2 is 1.73 bits per heavy atom. The highest BCUT2D eigenvalue weighted by Gasteiger charge is 2.60. The molecule has 0 unspecified atom stereocenters. The molecule has 8 atom stereocenters. The van der Waals surface area contributed by atoms with Crippen molar-refractivity contribution in [2.75, 3.05) is 0 Å². The third-order valence-electron chi connectivity index (χ3n) is 8.08. The molecular weight excluding hydrogens is 276 g/mol. The first-order valence-corrected chi connectivity index (χ1v) is 8.97. The Kier molecular flexibility index (Phi) is 3.16. The van der Waals surface area contributed by atoms with Gasteiger partial charge in [0.05, 0.1) is 6.10 Å². The Bertz CT molecular complexity index is 527. The summed E-state index contributed by atoms with van der Waals surface area (Å²) in [4.78, 5) is 11.9. The first-order valence-electron chi connectivity index (χ1n) is 8.97. The average Bonchev–Trinajstić information content (AvgIpc) is 2.79. The number of fused-ring (bicyclic) bond motifs is 5. The van der Waals surface area contributed by atoms with Gasteiger partial charge in [0.2, 0.25) is 0 Å². The largest absolute Gasteiger partial charge is 0.393 e. The van der Waals surface area contributed by atoms with Gasteiger partial charge in [0.15, 0.2) is 5.78 Å². The summed E-state index contributed by atoms with van der Waals surface area (Å²) in [6.07, 6.45) is 9.13. The van der Waals surface area contributed by atoms with Gasteiger partial charge in [-0.3, -0.25) is 4.79 Å². The van der Waals surface area contributed by atoms with Crippen LogP contribution in [-0.4, -0.2) is 28.2 Å². The number of rotatable bonds is 0. The van der Waals surface area contributed by atoms with Crippen molar-refractivity contribution in [1.29, 1.82) is 0 Å². The molecule has 0 amide bonds. The third kappa shape index (κ3) is 1.73. The molecule has 0 heterocycles. The van der Waals surface area contributed by atoms with Gasteiger partial charge in [-0.15, -0.1) is 0 Å². The maximum absolute atomic E-state index is 11.9. The van der Waals surface area contributed by atoms with Crippen molar-refractivity contribution in [2.24, 2.45) is 34.5 Å². The van der Waals surface area contributed by atoms with Crippen LogP contribution in [0.2, 0.25) is 0 Å². The van der Waals surface area contributed by atoms with Gasteiger partial charge in [-0.05, 0) is 73.2 Å². The molecule has 3 fully saturated rings. The molecule has 4 aliphatic rings. The van der Waals surface area contributed by atoms with E-state index in [4.69, 9.17) is 0 Å². The molecule has 0 bridgehead atoms. The SMILES string of the molecule is C[C@]12C=CC(=O)[C@@H](O)[C@@H]1CC[C@@H]1[C@@H]2CC[C@]2(C)[C@@H](O)CC[C@@H]12. The molecule has 3 saturated carbocycles. The summed E-state index contributed by atoms with van der Waals surface area (Å²) in [5.41, 5.74) is 0.0439. The fourth-order valence-electron chi connectivity index (χ4n) is 6.70. The quantitative estimate of drug-likeness (QED) is 0.723. The van der Waals surface area contributed by atoms with Crippen LogP contribution >= 0.6 is 0 Å². The summed E-state index contributed by atoms with van der Waals surface area (Å²) in [6.45, 7) is 4.55. The van der Waals surface area contributed by atoms with Gasteiger partial charge in [0.1, 0.15) is 6.10 Å². The van der Waals surface area contributed by atoms with Gasteiger partial charge in [0.25, 0.3) is 0 Å². The van der Waals surface area contributed by atoms with Gasteiger partial charge in [-0.25, -0.2) is 0 Å². The molecule has 122 valence electrons. The van der Waals surface area contributed by atoms with Crippen LogP contribution in [0.3, 0.4) is 0 Å². The second kappa shape index (κ2) is 4.67. The number of hydrogen-bond acceptors (Lipinski definition) is 3. The van der Waals surface area contributed by atoms with E-state index in [0.717, 1.165) is 38.5 Å². The highest BCUT2D eigenvalue weighted by atomic mass is 16.3. The first kappa shape index (κ1) is 14.9. The molecular formula is C19H28O3. The van der Waals surface area contributed by atoms with Crippen LogP contribution in [0.4, 0.5) is 0 Å². The molecule has 3 heteroatoms. The minimum Gasteiger partial charge on any atom is -0.393 e. The van der Waals surface area contributed by atoms with E-state index in [2.05, 4.69) is 19.9 Å². The minimum absolute atomic E-state index is 0.0505. The number of aliphatic hydroxyl groups excluding tert-OH is 2. The molecule has 0 spiro atoms. The second-order valence-corrected chi connectivity index (χ2v) is 8.74. The Morgan fingerprint density at radius 1 is 1.00 bits per heavy atom. The number of carbonyl (C=O) groups is 1. The van der Waals surface area contributed by atoms with Crippen LogP contribution in [0, 0.1) is 34.5 Å². The molecule has 0 radical (unpaired) electrons. The van der Waals surface area contributed by atoms with E-state index < -0.39 is 6.10 Å². The topological polar surface area (TPSA) is 57.5 Å². The average molecular weight is 304 g/mol. The molecule has 0 aromatic rings. The lowest BCUT2D eigenvalue weighted by molar-refractivity contribution is -0.142. The fraction of sp³-hybridized carbons (Fsp3) is 0.842. The zero-order valence-electron chi connectivity index (χ0n) is 13.7. The normalized spacial score (nSPS) is 57.2. The molecule has 22 heavy (non-hydrogen) atoms. The highest BCUT2D eigenvalue weighted by Crippen LogP contribution is 2.65. The molecule has 3 nitrogen and oxygen atoms in total. The van der Waals surface area contributed by atoms with E-state index in [1.807, 2.05) is 0 Å². The Hall–Kier alpha value is -0.670. The minimum atomic E-state index is -0.807. The number of aliphatic hydroxyl groups is 2. The number of hydrogen-bond donors (Lipinski definition) is 2. The van der Waals surface area contributed by atoms with Crippen LogP contribution in [0.15, 0.2) is 12.2 Å². The summed E-state index contributed by atoms with van der Waals surface area (Å²) >= 11 is 0. The van der Waals surface area contributed by atoms with E-state index in [1.165, 1.54) is 0 Å². The predicted molar refractivity (Wildman–Crippen MR) is 84.0 cm³/mol. The number of allylic oxidation sites excluding steroid dienone is 1. The Morgan fingerprint density at radius 3 is 2.50 bits per heavy atom. The van der Waals surface area contributed by atoms with E-state index in [1.54, 1.807) is 6.08 Å². The summed E-state index contributed by atoms with van der Waals surface area (Å²) in [7, 11) is 0. The van der Waals surface area contributed by atoms with Crippen molar-refractivity contribution >= 4 is 5.78 Å². The van der Waals surface area contributed by atoms with Crippen molar-refractivity contribution in [1.82, 2.24) is 0 Å². The molecule has 2 N–H and O–H groups in total. The molecule has 0 aliphatic heterocycles. The standard InChI is InChI=1S/C19H28O3/c1-18-10-8-15(20)17(22)14(18)4-3-11-12-5-6-16(21)19(12,2)9-7-13(11)18/h8,10-14,16-17,21-22H,3-7,9H2,1-2H3/t11-,12-,13-,14-,16-,17-,18+,19-/m0/s1. The number of carbonyl (C=O) groups excluding carboxylic acids is 1. The molecule has 0 aromatic heterocycles. The summed E-state index contributed by atoms with van der Waals surface area (Å²) in [5, 5.41) is 20.8. The second-order valence-electron chi connectivity index (χ2n) is 8.74. The van der Waals surface area contributed by atoms with Gasteiger partial charge in [-0.1, -0.05) is 19.9 Å².